The molecule has 19 heavy (non-hydrogen) atoms. The first-order valence-corrected chi connectivity index (χ1v) is 6.26. The number of nitrogens with zero attached hydrogens (tertiary/aromatic N) is 1. The van der Waals surface area contributed by atoms with Crippen LogP contribution in [0.4, 0.5) is 5.69 Å². The van der Waals surface area contributed by atoms with Crippen molar-refractivity contribution < 1.29 is 9.72 Å². The predicted molar refractivity (Wildman–Crippen MR) is 74.6 cm³/mol. The van der Waals surface area contributed by atoms with Crippen molar-refractivity contribution >= 4 is 17.7 Å². The highest BCUT2D eigenvalue weighted by atomic mass is 16.6. The molecule has 0 radical (unpaired) electrons. The molecule has 1 aromatic carbocycles. The van der Waals surface area contributed by atoms with Crippen molar-refractivity contribution in [1.29, 1.82) is 0 Å². The first kappa shape index (κ1) is 14.9. The molecule has 1 unspecified atom stereocenters. The zero-order chi connectivity index (χ0) is 14.3. The monoisotopic (exact) mass is 262 g/mol. The number of hydrogen-bond acceptors (Lipinski definition) is 3. The maximum absolute atomic E-state index is 11.6. The minimum atomic E-state index is -0.452. The van der Waals surface area contributed by atoms with Gasteiger partial charge in [0.1, 0.15) is 0 Å². The first-order chi connectivity index (χ1) is 9.02. The summed E-state index contributed by atoms with van der Waals surface area (Å²) < 4.78 is 0. The summed E-state index contributed by atoms with van der Waals surface area (Å²) in [7, 11) is 0. The van der Waals surface area contributed by atoms with Crippen LogP contribution >= 0.6 is 0 Å². The number of amides is 1. The van der Waals surface area contributed by atoms with Gasteiger partial charge < -0.3 is 5.32 Å². The zero-order valence-electron chi connectivity index (χ0n) is 11.1. The fourth-order valence-corrected chi connectivity index (χ4v) is 1.68. The van der Waals surface area contributed by atoms with Gasteiger partial charge in [-0.1, -0.05) is 13.3 Å². The Bertz CT molecular complexity index is 466. The summed E-state index contributed by atoms with van der Waals surface area (Å²) in [6, 6.07) is 6.20. The smallest absolute Gasteiger partial charge is 0.269 e. The van der Waals surface area contributed by atoms with Crippen molar-refractivity contribution in [2.75, 3.05) is 0 Å². The molecular formula is C14H18N2O3. The molecule has 0 aliphatic heterocycles. The molecule has 0 spiro atoms. The van der Waals surface area contributed by atoms with E-state index in [1.807, 2.05) is 6.92 Å². The van der Waals surface area contributed by atoms with Crippen LogP contribution in [0.3, 0.4) is 0 Å². The Morgan fingerprint density at radius 2 is 2.05 bits per heavy atom. The van der Waals surface area contributed by atoms with Crippen molar-refractivity contribution in [3.05, 3.63) is 46.0 Å². The Labute approximate surface area is 112 Å². The molecule has 1 rings (SSSR count). The van der Waals surface area contributed by atoms with E-state index in [0.29, 0.717) is 0 Å². The molecule has 5 nitrogen and oxygen atoms in total. The van der Waals surface area contributed by atoms with Crippen LogP contribution in [-0.2, 0) is 4.79 Å². The lowest BCUT2D eigenvalue weighted by molar-refractivity contribution is -0.384. The number of rotatable bonds is 6. The van der Waals surface area contributed by atoms with E-state index < -0.39 is 4.92 Å². The van der Waals surface area contributed by atoms with E-state index in [0.717, 1.165) is 18.4 Å². The minimum Gasteiger partial charge on any atom is -0.350 e. The van der Waals surface area contributed by atoms with E-state index >= 15 is 0 Å². The Hall–Kier alpha value is -2.17. The van der Waals surface area contributed by atoms with Crippen LogP contribution in [0.25, 0.3) is 6.08 Å². The van der Waals surface area contributed by atoms with Gasteiger partial charge in [-0.3, -0.25) is 14.9 Å². The molecule has 1 atom stereocenters. The van der Waals surface area contributed by atoms with Crippen molar-refractivity contribution in [3.63, 3.8) is 0 Å². The van der Waals surface area contributed by atoms with Crippen LogP contribution in [0.2, 0.25) is 0 Å². The Morgan fingerprint density at radius 1 is 1.42 bits per heavy atom. The number of carbonyl (C=O) groups is 1. The fraction of sp³-hybridized carbons (Fsp3) is 0.357. The van der Waals surface area contributed by atoms with Crippen molar-refractivity contribution in [1.82, 2.24) is 5.32 Å². The number of carbonyl (C=O) groups excluding carboxylic acids is 1. The van der Waals surface area contributed by atoms with Crippen molar-refractivity contribution in [3.8, 4) is 0 Å². The second-order valence-corrected chi connectivity index (χ2v) is 4.38. The molecular weight excluding hydrogens is 244 g/mol. The molecule has 1 aromatic rings. The van der Waals surface area contributed by atoms with E-state index in [1.54, 1.807) is 18.2 Å². The van der Waals surface area contributed by atoms with Crippen LogP contribution in [0.15, 0.2) is 30.3 Å². The SMILES string of the molecule is CCCC(C)NC(=O)/C=C/c1ccc([N+](=O)[O-])cc1. The molecule has 0 heterocycles. The second kappa shape index (κ2) is 7.31. The van der Waals surface area contributed by atoms with Gasteiger partial charge in [-0.05, 0) is 37.1 Å². The van der Waals surface area contributed by atoms with E-state index in [1.165, 1.54) is 18.2 Å². The van der Waals surface area contributed by atoms with Crippen LogP contribution < -0.4 is 5.32 Å². The third-order valence-corrected chi connectivity index (χ3v) is 2.64. The number of nitro groups is 1. The average Bonchev–Trinajstić information content (AvgIpc) is 2.37. The normalized spacial score (nSPS) is 12.3. The van der Waals surface area contributed by atoms with Gasteiger partial charge in [0.25, 0.3) is 5.69 Å². The summed E-state index contributed by atoms with van der Waals surface area (Å²) in [4.78, 5) is 21.6. The van der Waals surface area contributed by atoms with E-state index in [9.17, 15) is 14.9 Å². The zero-order valence-corrected chi connectivity index (χ0v) is 11.1. The van der Waals surface area contributed by atoms with Gasteiger partial charge in [-0.15, -0.1) is 0 Å². The molecule has 0 aromatic heterocycles. The topological polar surface area (TPSA) is 72.2 Å². The van der Waals surface area contributed by atoms with Crippen LogP contribution in [0.1, 0.15) is 32.3 Å². The number of nitrogens with one attached hydrogen (secondary N) is 1. The highest BCUT2D eigenvalue weighted by Gasteiger charge is 2.04. The second-order valence-electron chi connectivity index (χ2n) is 4.38. The number of non-ortho nitro benzene ring substituents is 1. The summed E-state index contributed by atoms with van der Waals surface area (Å²) in [5.41, 5.74) is 0.794. The maximum Gasteiger partial charge on any atom is 0.269 e. The number of nitro benzene ring substituents is 1. The van der Waals surface area contributed by atoms with Gasteiger partial charge in [0.05, 0.1) is 4.92 Å². The number of benzene rings is 1. The minimum absolute atomic E-state index is 0.0400. The fourth-order valence-electron chi connectivity index (χ4n) is 1.68. The molecule has 5 heteroatoms. The summed E-state index contributed by atoms with van der Waals surface area (Å²) in [6.07, 6.45) is 5.04. The van der Waals surface area contributed by atoms with Crippen molar-refractivity contribution in [2.45, 2.75) is 32.7 Å². The Kier molecular flexibility index (Phi) is 5.73. The first-order valence-electron chi connectivity index (χ1n) is 6.26. The molecule has 0 aliphatic rings. The molecule has 1 N–H and O–H groups in total. The van der Waals surface area contributed by atoms with Crippen LogP contribution in [0, 0.1) is 10.1 Å². The lowest BCUT2D eigenvalue weighted by atomic mass is 10.2. The largest absolute Gasteiger partial charge is 0.350 e. The quantitative estimate of drug-likeness (QED) is 0.486. The van der Waals surface area contributed by atoms with Gasteiger partial charge in [0.15, 0.2) is 0 Å². The lowest BCUT2D eigenvalue weighted by Gasteiger charge is -2.10. The van der Waals surface area contributed by atoms with Crippen LogP contribution in [-0.4, -0.2) is 16.9 Å². The van der Waals surface area contributed by atoms with Crippen molar-refractivity contribution in [2.24, 2.45) is 0 Å². The summed E-state index contributed by atoms with van der Waals surface area (Å²) in [5, 5.41) is 13.3. The van der Waals surface area contributed by atoms with Crippen LogP contribution in [0.5, 0.6) is 0 Å². The van der Waals surface area contributed by atoms with Gasteiger partial charge in [0.2, 0.25) is 5.91 Å². The molecule has 0 saturated carbocycles. The summed E-state index contributed by atoms with van der Waals surface area (Å²) in [5.74, 6) is -0.153. The highest BCUT2D eigenvalue weighted by molar-refractivity contribution is 5.91. The molecule has 0 bridgehead atoms. The predicted octanol–water partition coefficient (Wildman–Crippen LogP) is 2.91. The molecule has 0 fully saturated rings. The van der Waals surface area contributed by atoms with Gasteiger partial charge in [-0.2, -0.15) is 0 Å². The average molecular weight is 262 g/mol. The van der Waals surface area contributed by atoms with E-state index in [4.69, 9.17) is 0 Å². The third kappa shape index (κ3) is 5.33. The maximum atomic E-state index is 11.6. The van der Waals surface area contributed by atoms with Gasteiger partial charge >= 0.3 is 0 Å². The third-order valence-electron chi connectivity index (χ3n) is 2.64. The lowest BCUT2D eigenvalue weighted by Crippen LogP contribution is -2.30. The van der Waals surface area contributed by atoms with Gasteiger partial charge in [0, 0.05) is 24.3 Å². The highest BCUT2D eigenvalue weighted by Crippen LogP contribution is 2.12. The Balaban J connectivity index is 2.56. The standard InChI is InChI=1S/C14H18N2O3/c1-3-4-11(2)15-14(17)10-7-12-5-8-13(9-6-12)16(18)19/h5-11H,3-4H2,1-2H3,(H,15,17)/b10-7+. The molecule has 1 amide bonds. The van der Waals surface area contributed by atoms with E-state index in [-0.39, 0.29) is 17.6 Å². The van der Waals surface area contributed by atoms with E-state index in [2.05, 4.69) is 12.2 Å². The Morgan fingerprint density at radius 3 is 2.58 bits per heavy atom. The molecule has 0 saturated heterocycles. The molecule has 0 aliphatic carbocycles. The number of hydrogen-bond donors (Lipinski definition) is 1. The summed E-state index contributed by atoms with van der Waals surface area (Å²) in [6.45, 7) is 4.02. The summed E-state index contributed by atoms with van der Waals surface area (Å²) >= 11 is 0. The van der Waals surface area contributed by atoms with Gasteiger partial charge in [-0.25, -0.2) is 0 Å². The molecule has 102 valence electrons.